The molecule has 7 heteroatoms. The van der Waals surface area contributed by atoms with Crippen molar-refractivity contribution in [1.82, 2.24) is 14.9 Å². The summed E-state index contributed by atoms with van der Waals surface area (Å²) in [6.07, 6.45) is 3.65. The number of hydrogen-bond donors (Lipinski definition) is 2. The fraction of sp³-hybridized carbons (Fsp3) is 0.318. The lowest BCUT2D eigenvalue weighted by Crippen LogP contribution is -2.34. The average Bonchev–Trinajstić information content (AvgIpc) is 2.65. The van der Waals surface area contributed by atoms with Crippen molar-refractivity contribution in [2.45, 2.75) is 26.8 Å². The molecule has 1 aromatic carbocycles. The van der Waals surface area contributed by atoms with Crippen LogP contribution in [0.3, 0.4) is 0 Å². The molecule has 1 aliphatic rings. The van der Waals surface area contributed by atoms with E-state index in [1.54, 1.807) is 6.92 Å². The molecule has 0 fully saturated rings. The highest BCUT2D eigenvalue weighted by Gasteiger charge is 2.26. The van der Waals surface area contributed by atoms with Crippen LogP contribution in [0.1, 0.15) is 37.5 Å². The lowest BCUT2D eigenvalue weighted by molar-refractivity contribution is 0.403. The van der Waals surface area contributed by atoms with E-state index < -0.39 is 0 Å². The molecule has 2 N–H and O–H groups in total. The topological polar surface area (TPSA) is 68.1 Å². The van der Waals surface area contributed by atoms with Gasteiger partial charge in [0.15, 0.2) is 0 Å². The largest absolute Gasteiger partial charge is 0.364 e. The van der Waals surface area contributed by atoms with Crippen LogP contribution in [0.2, 0.25) is 5.02 Å². The Bertz CT molecular complexity index is 993. The monoisotopic (exact) mass is 410 g/mol. The fourth-order valence-corrected chi connectivity index (χ4v) is 3.95. The predicted octanol–water partition coefficient (Wildman–Crippen LogP) is 4.73. The zero-order valence-electron chi connectivity index (χ0n) is 17.5. The van der Waals surface area contributed by atoms with Gasteiger partial charge >= 0.3 is 0 Å². The molecule has 29 heavy (non-hydrogen) atoms. The summed E-state index contributed by atoms with van der Waals surface area (Å²) in [6, 6.07) is 6.10. The van der Waals surface area contributed by atoms with E-state index in [-0.39, 0.29) is 6.04 Å². The number of halogens is 1. The predicted molar refractivity (Wildman–Crippen MR) is 123 cm³/mol. The maximum absolute atomic E-state index is 8.19. The third-order valence-corrected chi connectivity index (χ3v) is 5.15. The molecular formula is C22H27ClN6. The Labute approximate surface area is 177 Å². The lowest BCUT2D eigenvalue weighted by Gasteiger charge is -2.37. The molecule has 0 aliphatic carbocycles. The molecule has 0 saturated heterocycles. The Morgan fingerprint density at radius 3 is 2.66 bits per heavy atom. The first-order valence-electron chi connectivity index (χ1n) is 9.51. The molecule has 0 amide bonds. The standard InChI is InChI=1S/C22H27ClN6/c1-13(2)29-15(4)20-16(8-7-9-18(20)23)10-17(29)11-25-21-19(14(3)24)22(28(5)6)27-12-26-21/h7-10,12-13,24H,4,11H2,1-3,5-6H3,(H,25,26,27). The van der Waals surface area contributed by atoms with Crippen LogP contribution in [0.15, 0.2) is 36.8 Å². The number of benzene rings is 1. The summed E-state index contributed by atoms with van der Waals surface area (Å²) < 4.78 is 0. The van der Waals surface area contributed by atoms with E-state index in [2.05, 4.69) is 46.7 Å². The summed E-state index contributed by atoms with van der Waals surface area (Å²) in [4.78, 5) is 12.8. The zero-order chi connectivity index (χ0) is 21.3. The van der Waals surface area contributed by atoms with Gasteiger partial charge in [-0.05, 0) is 38.5 Å². The van der Waals surface area contributed by atoms with Gasteiger partial charge in [0.2, 0.25) is 0 Å². The van der Waals surface area contributed by atoms with E-state index >= 15 is 0 Å². The van der Waals surface area contributed by atoms with E-state index in [0.717, 1.165) is 28.3 Å². The second-order valence-corrected chi connectivity index (χ2v) is 7.95. The number of aromatic nitrogens is 2. The third kappa shape index (κ3) is 3.98. The molecule has 1 aromatic heterocycles. The number of nitrogens with one attached hydrogen (secondary N) is 2. The van der Waals surface area contributed by atoms with E-state index in [1.807, 2.05) is 37.2 Å². The molecule has 2 heterocycles. The van der Waals surface area contributed by atoms with Crippen LogP contribution in [0, 0.1) is 5.41 Å². The number of rotatable bonds is 6. The van der Waals surface area contributed by atoms with Crippen LogP contribution in [0.4, 0.5) is 11.6 Å². The first kappa shape index (κ1) is 20.9. The zero-order valence-corrected chi connectivity index (χ0v) is 18.3. The van der Waals surface area contributed by atoms with Crippen LogP contribution < -0.4 is 10.2 Å². The number of hydrogen-bond acceptors (Lipinski definition) is 6. The van der Waals surface area contributed by atoms with E-state index in [9.17, 15) is 0 Å². The SMILES string of the molecule is C=C1c2c(Cl)cccc2C=C(CNc2ncnc(N(C)C)c2C(C)=N)N1C(C)C. The quantitative estimate of drug-likeness (QED) is 0.673. The van der Waals surface area contributed by atoms with Crippen LogP contribution in [0.5, 0.6) is 0 Å². The van der Waals surface area contributed by atoms with Crippen molar-refractivity contribution in [3.63, 3.8) is 0 Å². The van der Waals surface area contributed by atoms with Crippen molar-refractivity contribution in [2.24, 2.45) is 0 Å². The Hall–Kier alpha value is -2.86. The molecule has 3 rings (SSSR count). The maximum Gasteiger partial charge on any atom is 0.142 e. The fourth-order valence-electron chi connectivity index (χ4n) is 3.66. The van der Waals surface area contributed by atoms with E-state index in [0.29, 0.717) is 28.7 Å². The normalized spacial score (nSPS) is 13.3. The van der Waals surface area contributed by atoms with Gasteiger partial charge in [-0.2, -0.15) is 0 Å². The molecule has 0 bridgehead atoms. The molecule has 0 atom stereocenters. The van der Waals surface area contributed by atoms with Crippen molar-refractivity contribution in [1.29, 1.82) is 5.41 Å². The second-order valence-electron chi connectivity index (χ2n) is 7.54. The van der Waals surface area contributed by atoms with Crippen LogP contribution in [-0.4, -0.2) is 47.3 Å². The van der Waals surface area contributed by atoms with Crippen LogP contribution in [0.25, 0.3) is 11.8 Å². The van der Waals surface area contributed by atoms with Gasteiger partial charge in [-0.3, -0.25) is 0 Å². The molecular weight excluding hydrogens is 384 g/mol. The second kappa shape index (κ2) is 8.25. The van der Waals surface area contributed by atoms with Crippen molar-refractivity contribution in [2.75, 3.05) is 30.9 Å². The molecule has 0 unspecified atom stereocenters. The first-order valence-corrected chi connectivity index (χ1v) is 9.89. The Morgan fingerprint density at radius 1 is 1.31 bits per heavy atom. The minimum Gasteiger partial charge on any atom is -0.364 e. The molecule has 2 aromatic rings. The summed E-state index contributed by atoms with van der Waals surface area (Å²) in [7, 11) is 3.82. The van der Waals surface area contributed by atoms with Crippen molar-refractivity contribution in [3.05, 3.63) is 58.5 Å². The Kier molecular flexibility index (Phi) is 5.94. The average molecular weight is 411 g/mol. The Morgan fingerprint density at radius 2 is 2.03 bits per heavy atom. The Balaban J connectivity index is 1.99. The first-order chi connectivity index (χ1) is 13.7. The summed E-state index contributed by atoms with van der Waals surface area (Å²) in [6.45, 7) is 10.9. The maximum atomic E-state index is 8.19. The van der Waals surface area contributed by atoms with Gasteiger partial charge in [-0.1, -0.05) is 30.3 Å². The minimum atomic E-state index is 0.214. The smallest absolute Gasteiger partial charge is 0.142 e. The highest BCUT2D eigenvalue weighted by atomic mass is 35.5. The third-order valence-electron chi connectivity index (χ3n) is 4.84. The van der Waals surface area contributed by atoms with E-state index in [4.69, 9.17) is 17.0 Å². The molecule has 0 spiro atoms. The molecule has 1 aliphatic heterocycles. The molecule has 152 valence electrons. The van der Waals surface area contributed by atoms with Gasteiger partial charge in [0.1, 0.15) is 18.0 Å². The van der Waals surface area contributed by atoms with Gasteiger partial charge < -0.3 is 20.5 Å². The minimum absolute atomic E-state index is 0.214. The van der Waals surface area contributed by atoms with Gasteiger partial charge in [0.25, 0.3) is 0 Å². The van der Waals surface area contributed by atoms with Crippen molar-refractivity contribution < 1.29 is 0 Å². The van der Waals surface area contributed by atoms with Crippen molar-refractivity contribution in [3.8, 4) is 0 Å². The van der Waals surface area contributed by atoms with Gasteiger partial charge in [-0.25, -0.2) is 9.97 Å². The summed E-state index contributed by atoms with van der Waals surface area (Å²) in [5.41, 5.74) is 5.10. The van der Waals surface area contributed by atoms with Gasteiger partial charge in [0.05, 0.1) is 17.1 Å². The van der Waals surface area contributed by atoms with Crippen LogP contribution >= 0.6 is 11.6 Å². The number of nitrogens with zero attached hydrogens (tertiary/aromatic N) is 4. The highest BCUT2D eigenvalue weighted by molar-refractivity contribution is 6.32. The number of anilines is 2. The van der Waals surface area contributed by atoms with Gasteiger partial charge in [-0.15, -0.1) is 0 Å². The lowest BCUT2D eigenvalue weighted by atomic mass is 9.97. The van der Waals surface area contributed by atoms with Crippen molar-refractivity contribution >= 4 is 40.7 Å². The van der Waals surface area contributed by atoms with E-state index in [1.165, 1.54) is 6.33 Å². The number of fused-ring (bicyclic) bond motifs is 1. The summed E-state index contributed by atoms with van der Waals surface area (Å²) in [5, 5.41) is 12.3. The molecule has 0 saturated carbocycles. The molecule has 0 radical (unpaired) electrons. The molecule has 6 nitrogen and oxygen atoms in total. The van der Waals surface area contributed by atoms with Gasteiger partial charge in [0, 0.05) is 42.8 Å². The van der Waals surface area contributed by atoms with Crippen LogP contribution in [-0.2, 0) is 0 Å². The summed E-state index contributed by atoms with van der Waals surface area (Å²) in [5.74, 6) is 1.36. The summed E-state index contributed by atoms with van der Waals surface area (Å²) >= 11 is 6.45. The highest BCUT2D eigenvalue weighted by Crippen LogP contribution is 2.38.